The number of para-hydroxylation sites is 1. The number of aromatic nitrogens is 3. The molecule has 0 unspecified atom stereocenters. The lowest BCUT2D eigenvalue weighted by Crippen LogP contribution is -2.02. The van der Waals surface area contributed by atoms with E-state index in [9.17, 15) is 0 Å². The lowest BCUT2D eigenvalue weighted by molar-refractivity contribution is 0.341. The molecule has 2 rings (SSSR count). The molecule has 0 atom stereocenters. The minimum atomic E-state index is 0.190. The van der Waals surface area contributed by atoms with E-state index in [1.165, 1.54) is 14.2 Å². The average Bonchev–Trinajstić information content (AvgIpc) is 2.38. The van der Waals surface area contributed by atoms with E-state index in [2.05, 4.69) is 15.0 Å². The number of ether oxygens (including phenoxy) is 2. The number of methoxy groups -OCH3 is 2. The second kappa shape index (κ2) is 4.65. The van der Waals surface area contributed by atoms with Crippen molar-refractivity contribution in [3.63, 3.8) is 0 Å². The second-order valence-electron chi connectivity index (χ2n) is 3.22. The fourth-order valence-corrected chi connectivity index (χ4v) is 1.34. The molecule has 2 N–H and O–H groups in total. The normalized spacial score (nSPS) is 10.0. The number of hydrogen-bond donors (Lipinski definition) is 1. The molecule has 6 nitrogen and oxygen atoms in total. The molecule has 0 radical (unpaired) electrons. The fourth-order valence-electron chi connectivity index (χ4n) is 1.34. The molecular formula is C11H12N4O2. The van der Waals surface area contributed by atoms with Gasteiger partial charge in [0.25, 0.3) is 0 Å². The first kappa shape index (κ1) is 11.1. The molecule has 2 aromatic rings. The number of nitrogens with zero attached hydrogens (tertiary/aromatic N) is 3. The van der Waals surface area contributed by atoms with Crippen LogP contribution >= 0.6 is 0 Å². The second-order valence-corrected chi connectivity index (χ2v) is 3.22. The van der Waals surface area contributed by atoms with Gasteiger partial charge in [0.1, 0.15) is 0 Å². The van der Waals surface area contributed by atoms with Crippen molar-refractivity contribution in [3.05, 3.63) is 24.3 Å². The quantitative estimate of drug-likeness (QED) is 0.799. The highest BCUT2D eigenvalue weighted by molar-refractivity contribution is 5.71. The van der Waals surface area contributed by atoms with Crippen LogP contribution in [0.1, 0.15) is 0 Å². The zero-order valence-electron chi connectivity index (χ0n) is 9.54. The molecule has 1 aromatic carbocycles. The SMILES string of the molecule is COc1nc(OC)nc(-c2ccccc2N)n1. The summed E-state index contributed by atoms with van der Waals surface area (Å²) in [7, 11) is 2.96. The Morgan fingerprint density at radius 1 is 0.941 bits per heavy atom. The van der Waals surface area contributed by atoms with E-state index >= 15 is 0 Å². The maximum Gasteiger partial charge on any atom is 0.322 e. The van der Waals surface area contributed by atoms with Crippen molar-refractivity contribution in [2.24, 2.45) is 0 Å². The van der Waals surface area contributed by atoms with Crippen LogP contribution in [0.3, 0.4) is 0 Å². The topological polar surface area (TPSA) is 83.2 Å². The van der Waals surface area contributed by atoms with Gasteiger partial charge in [-0.05, 0) is 12.1 Å². The Morgan fingerprint density at radius 2 is 1.53 bits per heavy atom. The van der Waals surface area contributed by atoms with E-state index < -0.39 is 0 Å². The lowest BCUT2D eigenvalue weighted by atomic mass is 10.2. The van der Waals surface area contributed by atoms with Gasteiger partial charge in [-0.1, -0.05) is 12.1 Å². The van der Waals surface area contributed by atoms with Crippen molar-refractivity contribution in [3.8, 4) is 23.4 Å². The Labute approximate surface area is 98.4 Å². The third-order valence-corrected chi connectivity index (χ3v) is 2.16. The number of nitrogens with two attached hydrogens (primary N) is 1. The summed E-state index contributed by atoms with van der Waals surface area (Å²) in [5.41, 5.74) is 7.15. The Bertz CT molecular complexity index is 508. The Hall–Kier alpha value is -2.37. The predicted molar refractivity (Wildman–Crippen MR) is 62.8 cm³/mol. The number of nitrogen functional groups attached to an aromatic ring is 1. The van der Waals surface area contributed by atoms with E-state index in [-0.39, 0.29) is 12.0 Å². The molecule has 0 aliphatic heterocycles. The molecule has 0 aliphatic rings. The van der Waals surface area contributed by atoms with Gasteiger partial charge in [0.15, 0.2) is 5.82 Å². The fraction of sp³-hybridized carbons (Fsp3) is 0.182. The van der Waals surface area contributed by atoms with Crippen molar-refractivity contribution < 1.29 is 9.47 Å². The Morgan fingerprint density at radius 3 is 2.06 bits per heavy atom. The summed E-state index contributed by atoms with van der Waals surface area (Å²) in [4.78, 5) is 12.2. The van der Waals surface area contributed by atoms with Crippen molar-refractivity contribution in [2.45, 2.75) is 0 Å². The van der Waals surface area contributed by atoms with E-state index in [1.807, 2.05) is 18.2 Å². The van der Waals surface area contributed by atoms with Crippen molar-refractivity contribution >= 4 is 5.69 Å². The minimum absolute atomic E-state index is 0.190. The van der Waals surface area contributed by atoms with Crippen LogP contribution in [0.5, 0.6) is 12.0 Å². The smallest absolute Gasteiger partial charge is 0.322 e. The zero-order chi connectivity index (χ0) is 12.3. The Kier molecular flexibility index (Phi) is 3.04. The highest BCUT2D eigenvalue weighted by Gasteiger charge is 2.10. The molecular weight excluding hydrogens is 220 g/mol. The van der Waals surface area contributed by atoms with Crippen LogP contribution in [0.4, 0.5) is 5.69 Å². The molecule has 6 heteroatoms. The van der Waals surface area contributed by atoms with Crippen LogP contribution in [0.15, 0.2) is 24.3 Å². The highest BCUT2D eigenvalue weighted by atomic mass is 16.5. The summed E-state index contributed by atoms with van der Waals surface area (Å²) < 4.78 is 9.95. The third kappa shape index (κ3) is 2.25. The molecule has 0 bridgehead atoms. The summed E-state index contributed by atoms with van der Waals surface area (Å²) in [5.74, 6) is 0.423. The Balaban J connectivity index is 2.55. The van der Waals surface area contributed by atoms with Gasteiger partial charge in [-0.25, -0.2) is 0 Å². The number of benzene rings is 1. The summed E-state index contributed by atoms with van der Waals surface area (Å²) >= 11 is 0. The summed E-state index contributed by atoms with van der Waals surface area (Å²) in [5, 5.41) is 0. The standard InChI is InChI=1S/C11H12N4O2/c1-16-10-13-9(14-11(15-10)17-2)7-5-3-4-6-8(7)12/h3-6H,12H2,1-2H3. The first-order valence-electron chi connectivity index (χ1n) is 4.93. The van der Waals surface area contributed by atoms with Gasteiger partial charge >= 0.3 is 12.0 Å². The van der Waals surface area contributed by atoms with Crippen LogP contribution in [0, 0.1) is 0 Å². The summed E-state index contributed by atoms with van der Waals surface area (Å²) in [6.45, 7) is 0. The molecule has 0 fully saturated rings. The molecule has 0 amide bonds. The number of anilines is 1. The lowest BCUT2D eigenvalue weighted by Gasteiger charge is -2.06. The molecule has 0 saturated carbocycles. The maximum absolute atomic E-state index is 5.85. The minimum Gasteiger partial charge on any atom is -0.467 e. The van der Waals surface area contributed by atoms with Crippen LogP contribution < -0.4 is 15.2 Å². The molecule has 1 aromatic heterocycles. The van der Waals surface area contributed by atoms with Crippen LogP contribution in [0.2, 0.25) is 0 Å². The molecule has 0 aliphatic carbocycles. The van der Waals surface area contributed by atoms with Crippen molar-refractivity contribution in [2.75, 3.05) is 20.0 Å². The van der Waals surface area contributed by atoms with Gasteiger partial charge in [0, 0.05) is 11.3 Å². The molecule has 17 heavy (non-hydrogen) atoms. The van der Waals surface area contributed by atoms with Crippen molar-refractivity contribution in [1.82, 2.24) is 15.0 Å². The highest BCUT2D eigenvalue weighted by Crippen LogP contribution is 2.24. The van der Waals surface area contributed by atoms with E-state index in [4.69, 9.17) is 15.2 Å². The number of rotatable bonds is 3. The van der Waals surface area contributed by atoms with Gasteiger partial charge in [-0.3, -0.25) is 0 Å². The predicted octanol–water partition coefficient (Wildman–Crippen LogP) is 1.14. The van der Waals surface area contributed by atoms with Gasteiger partial charge in [-0.15, -0.1) is 4.98 Å². The van der Waals surface area contributed by atoms with E-state index in [0.29, 0.717) is 17.1 Å². The monoisotopic (exact) mass is 232 g/mol. The summed E-state index contributed by atoms with van der Waals surface area (Å²) in [6.07, 6.45) is 0. The van der Waals surface area contributed by atoms with E-state index in [1.54, 1.807) is 6.07 Å². The number of hydrogen-bond acceptors (Lipinski definition) is 6. The van der Waals surface area contributed by atoms with Gasteiger partial charge in [0.2, 0.25) is 0 Å². The van der Waals surface area contributed by atoms with Crippen LogP contribution in [-0.4, -0.2) is 29.2 Å². The largest absolute Gasteiger partial charge is 0.467 e. The molecule has 88 valence electrons. The van der Waals surface area contributed by atoms with Crippen LogP contribution in [-0.2, 0) is 0 Å². The maximum atomic E-state index is 5.85. The molecule has 0 saturated heterocycles. The third-order valence-electron chi connectivity index (χ3n) is 2.16. The van der Waals surface area contributed by atoms with Gasteiger partial charge in [-0.2, -0.15) is 9.97 Å². The first-order chi connectivity index (χ1) is 8.24. The van der Waals surface area contributed by atoms with Crippen LogP contribution in [0.25, 0.3) is 11.4 Å². The molecule has 1 heterocycles. The molecule has 0 spiro atoms. The van der Waals surface area contributed by atoms with Gasteiger partial charge in [0.05, 0.1) is 14.2 Å². The van der Waals surface area contributed by atoms with E-state index in [0.717, 1.165) is 0 Å². The van der Waals surface area contributed by atoms with Gasteiger partial charge < -0.3 is 15.2 Å². The van der Waals surface area contributed by atoms with Crippen molar-refractivity contribution in [1.29, 1.82) is 0 Å². The summed E-state index contributed by atoms with van der Waals surface area (Å²) in [6, 6.07) is 7.68. The zero-order valence-corrected chi connectivity index (χ0v) is 9.54. The average molecular weight is 232 g/mol. The first-order valence-corrected chi connectivity index (χ1v) is 4.93.